The Kier molecular flexibility index (Phi) is 5.16. The number of para-hydroxylation sites is 1. The molecule has 0 atom stereocenters. The van der Waals surface area contributed by atoms with E-state index in [1.54, 1.807) is 6.07 Å². The number of sulfonamides is 1. The van der Waals surface area contributed by atoms with Gasteiger partial charge < -0.3 is 4.74 Å². The lowest BCUT2D eigenvalue weighted by Crippen LogP contribution is -2.16. The van der Waals surface area contributed by atoms with Gasteiger partial charge in [0.15, 0.2) is 6.61 Å². The van der Waals surface area contributed by atoms with Gasteiger partial charge in [-0.05, 0) is 42.8 Å². The van der Waals surface area contributed by atoms with Crippen molar-refractivity contribution in [2.75, 3.05) is 11.3 Å². The minimum absolute atomic E-state index is 0.00224. The van der Waals surface area contributed by atoms with Gasteiger partial charge in [0.05, 0.1) is 16.1 Å². The highest BCUT2D eigenvalue weighted by Gasteiger charge is 2.20. The first-order chi connectivity index (χ1) is 11.3. The Balaban J connectivity index is 2.35. The molecule has 0 unspecified atom stereocenters. The van der Waals surface area contributed by atoms with Crippen molar-refractivity contribution in [1.82, 2.24) is 0 Å². The monoisotopic (exact) mass is 348 g/mol. The molecule has 6 nitrogen and oxygen atoms in total. The van der Waals surface area contributed by atoms with Crippen LogP contribution in [-0.4, -0.2) is 21.0 Å². The number of carbonyl (C=O) groups is 1. The number of anilines is 1. The minimum atomic E-state index is -4.02. The normalized spacial score (nSPS) is 10.7. The third-order valence-electron chi connectivity index (χ3n) is 3.10. The molecule has 0 aliphatic carbocycles. The summed E-state index contributed by atoms with van der Waals surface area (Å²) in [5.74, 6) is -1.35. The van der Waals surface area contributed by atoms with Crippen molar-refractivity contribution in [2.45, 2.75) is 11.8 Å². The van der Waals surface area contributed by atoms with E-state index in [1.807, 2.05) is 0 Å². The predicted molar refractivity (Wildman–Crippen MR) is 84.3 cm³/mol. The Hall–Kier alpha value is -2.92. The topological polar surface area (TPSA) is 96.3 Å². The summed E-state index contributed by atoms with van der Waals surface area (Å²) in [4.78, 5) is 11.8. The number of nitrogens with one attached hydrogen (secondary N) is 1. The van der Waals surface area contributed by atoms with Gasteiger partial charge >= 0.3 is 5.97 Å². The molecular formula is C16H13FN2O4S. The molecule has 24 heavy (non-hydrogen) atoms. The largest absolute Gasteiger partial charge is 0.447 e. The maximum absolute atomic E-state index is 13.3. The highest BCUT2D eigenvalue weighted by molar-refractivity contribution is 7.92. The molecule has 8 heteroatoms. The zero-order valence-corrected chi connectivity index (χ0v) is 13.4. The van der Waals surface area contributed by atoms with Crippen molar-refractivity contribution < 1.29 is 22.3 Å². The van der Waals surface area contributed by atoms with E-state index in [1.165, 1.54) is 37.3 Å². The Morgan fingerprint density at radius 1 is 1.29 bits per heavy atom. The molecule has 0 saturated heterocycles. The van der Waals surface area contributed by atoms with Gasteiger partial charge in [-0.15, -0.1) is 0 Å². The smallest absolute Gasteiger partial charge is 0.341 e. The van der Waals surface area contributed by atoms with Crippen molar-refractivity contribution in [3.8, 4) is 6.07 Å². The van der Waals surface area contributed by atoms with Crippen molar-refractivity contribution in [3.05, 3.63) is 59.4 Å². The van der Waals surface area contributed by atoms with E-state index in [0.29, 0.717) is 0 Å². The lowest BCUT2D eigenvalue weighted by atomic mass is 10.2. The lowest BCUT2D eigenvalue weighted by Gasteiger charge is -2.12. The van der Waals surface area contributed by atoms with Crippen molar-refractivity contribution in [1.29, 1.82) is 5.26 Å². The van der Waals surface area contributed by atoms with Gasteiger partial charge in [-0.2, -0.15) is 5.26 Å². The number of ether oxygens (including phenoxy) is 1. The number of hydrogen-bond donors (Lipinski definition) is 1. The van der Waals surface area contributed by atoms with E-state index in [2.05, 4.69) is 9.46 Å². The molecule has 0 aliphatic heterocycles. The number of rotatable bonds is 5. The molecule has 0 radical (unpaired) electrons. The molecule has 0 fully saturated rings. The Labute approximate surface area is 138 Å². The van der Waals surface area contributed by atoms with Crippen LogP contribution in [0, 0.1) is 24.1 Å². The number of nitriles is 1. The maximum Gasteiger partial charge on any atom is 0.341 e. The van der Waals surface area contributed by atoms with Crippen LogP contribution in [0.5, 0.6) is 0 Å². The molecule has 0 bridgehead atoms. The van der Waals surface area contributed by atoms with E-state index in [0.717, 1.165) is 12.1 Å². The van der Waals surface area contributed by atoms with Crippen molar-refractivity contribution >= 4 is 21.7 Å². The van der Waals surface area contributed by atoms with E-state index in [-0.39, 0.29) is 21.7 Å². The fraction of sp³-hybridized carbons (Fsp3) is 0.125. The summed E-state index contributed by atoms with van der Waals surface area (Å²) in [6.07, 6.45) is 0. The summed E-state index contributed by atoms with van der Waals surface area (Å²) < 4.78 is 45.1. The van der Waals surface area contributed by atoms with Crippen LogP contribution in [0.1, 0.15) is 15.9 Å². The highest BCUT2D eigenvalue weighted by atomic mass is 32.2. The zero-order valence-electron chi connectivity index (χ0n) is 12.6. The SMILES string of the molecule is Cc1cc(S(=O)(=O)Nc2ccccc2C(=O)OCC#N)ccc1F. The van der Waals surface area contributed by atoms with Crippen LogP contribution in [0.25, 0.3) is 0 Å². The van der Waals surface area contributed by atoms with Crippen LogP contribution in [0.3, 0.4) is 0 Å². The first-order valence-electron chi connectivity index (χ1n) is 6.77. The summed E-state index contributed by atoms with van der Waals surface area (Å²) in [6, 6.07) is 10.8. The maximum atomic E-state index is 13.3. The van der Waals surface area contributed by atoms with Gasteiger partial charge in [0, 0.05) is 0 Å². The molecule has 124 valence electrons. The second kappa shape index (κ2) is 7.10. The molecule has 0 amide bonds. The van der Waals surface area contributed by atoms with Crippen LogP contribution in [-0.2, 0) is 14.8 Å². The van der Waals surface area contributed by atoms with Gasteiger partial charge in [0.1, 0.15) is 11.9 Å². The molecule has 0 heterocycles. The Morgan fingerprint density at radius 2 is 2.00 bits per heavy atom. The number of hydrogen-bond acceptors (Lipinski definition) is 5. The summed E-state index contributed by atoms with van der Waals surface area (Å²) in [5.41, 5.74) is 0.150. The van der Waals surface area contributed by atoms with Crippen LogP contribution in [0.2, 0.25) is 0 Å². The molecule has 2 aromatic carbocycles. The van der Waals surface area contributed by atoms with E-state index in [9.17, 15) is 17.6 Å². The fourth-order valence-corrected chi connectivity index (χ4v) is 3.08. The minimum Gasteiger partial charge on any atom is -0.447 e. The number of benzene rings is 2. The number of esters is 1. The first kappa shape index (κ1) is 17.4. The average molecular weight is 348 g/mol. The molecule has 0 spiro atoms. The lowest BCUT2D eigenvalue weighted by molar-refractivity contribution is 0.0556. The van der Waals surface area contributed by atoms with Crippen molar-refractivity contribution in [3.63, 3.8) is 0 Å². The molecular weight excluding hydrogens is 335 g/mol. The van der Waals surface area contributed by atoms with E-state index >= 15 is 0 Å². The number of nitrogens with zero attached hydrogens (tertiary/aromatic N) is 1. The van der Waals surface area contributed by atoms with Gasteiger partial charge in [-0.25, -0.2) is 17.6 Å². The fourth-order valence-electron chi connectivity index (χ4n) is 1.91. The summed E-state index contributed by atoms with van der Waals surface area (Å²) in [5, 5.41) is 8.45. The third kappa shape index (κ3) is 3.88. The van der Waals surface area contributed by atoms with Gasteiger partial charge in [0.2, 0.25) is 0 Å². The average Bonchev–Trinajstić information content (AvgIpc) is 2.55. The summed E-state index contributed by atoms with van der Waals surface area (Å²) >= 11 is 0. The third-order valence-corrected chi connectivity index (χ3v) is 4.46. The van der Waals surface area contributed by atoms with Gasteiger partial charge in [-0.3, -0.25) is 4.72 Å². The molecule has 0 saturated carbocycles. The second-order valence-corrected chi connectivity index (χ2v) is 6.48. The van der Waals surface area contributed by atoms with Crippen LogP contribution in [0.15, 0.2) is 47.4 Å². The second-order valence-electron chi connectivity index (χ2n) is 4.80. The number of aryl methyl sites for hydroxylation is 1. The predicted octanol–water partition coefficient (Wildman–Crippen LogP) is 2.62. The van der Waals surface area contributed by atoms with Crippen LogP contribution in [0.4, 0.5) is 10.1 Å². The Bertz CT molecular complexity index is 920. The number of halogens is 1. The van der Waals surface area contributed by atoms with Crippen molar-refractivity contribution in [2.24, 2.45) is 0 Å². The molecule has 2 rings (SSSR count). The van der Waals surface area contributed by atoms with E-state index in [4.69, 9.17) is 5.26 Å². The molecule has 0 aliphatic rings. The Morgan fingerprint density at radius 3 is 2.67 bits per heavy atom. The number of carbonyl (C=O) groups excluding carboxylic acids is 1. The highest BCUT2D eigenvalue weighted by Crippen LogP contribution is 2.22. The van der Waals surface area contributed by atoms with E-state index < -0.39 is 28.4 Å². The molecule has 0 aromatic heterocycles. The molecule has 2 aromatic rings. The van der Waals surface area contributed by atoms with Crippen LogP contribution >= 0.6 is 0 Å². The van der Waals surface area contributed by atoms with Gasteiger partial charge in [-0.1, -0.05) is 12.1 Å². The molecule has 1 N–H and O–H groups in total. The standard InChI is InChI=1S/C16H13FN2O4S/c1-11-10-12(6-7-14(11)17)24(21,22)19-15-5-3-2-4-13(15)16(20)23-9-8-18/h2-7,10,19H,9H2,1H3. The summed E-state index contributed by atoms with van der Waals surface area (Å²) in [6.45, 7) is 0.999. The zero-order chi connectivity index (χ0) is 17.7. The van der Waals surface area contributed by atoms with Gasteiger partial charge in [0.25, 0.3) is 10.0 Å². The quantitative estimate of drug-likeness (QED) is 0.838. The summed E-state index contributed by atoms with van der Waals surface area (Å²) in [7, 11) is -4.02. The van der Waals surface area contributed by atoms with Crippen LogP contribution < -0.4 is 4.72 Å². The first-order valence-corrected chi connectivity index (χ1v) is 8.25.